The van der Waals surface area contributed by atoms with Gasteiger partial charge in [-0.2, -0.15) is 0 Å². The number of amides is 1. The van der Waals surface area contributed by atoms with Crippen molar-refractivity contribution in [2.24, 2.45) is 0 Å². The Kier molecular flexibility index (Phi) is 7.42. The summed E-state index contributed by atoms with van der Waals surface area (Å²) in [6.45, 7) is 10.6. The van der Waals surface area contributed by atoms with E-state index < -0.39 is 11.7 Å². The maximum absolute atomic E-state index is 14.4. The third-order valence-electron chi connectivity index (χ3n) is 5.98. The van der Waals surface area contributed by atoms with E-state index in [0.717, 1.165) is 47.4 Å². The first-order valence-electron chi connectivity index (χ1n) is 11.7. The molecular formula is C28H29FN4O2. The number of morpholine rings is 1. The highest BCUT2D eigenvalue weighted by Crippen LogP contribution is 2.31. The second kappa shape index (κ2) is 10.7. The van der Waals surface area contributed by atoms with Crippen molar-refractivity contribution in [1.29, 1.82) is 0 Å². The van der Waals surface area contributed by atoms with Gasteiger partial charge in [0.25, 0.3) is 5.91 Å². The molecule has 6 nitrogen and oxygen atoms in total. The molecular weight excluding hydrogens is 443 g/mol. The van der Waals surface area contributed by atoms with Crippen LogP contribution in [0.3, 0.4) is 0 Å². The Morgan fingerprint density at radius 3 is 2.63 bits per heavy atom. The quantitative estimate of drug-likeness (QED) is 0.519. The van der Waals surface area contributed by atoms with Crippen molar-refractivity contribution >= 4 is 17.3 Å². The zero-order valence-electron chi connectivity index (χ0n) is 20.5. The molecule has 0 bridgehead atoms. The Balaban J connectivity index is 1.66. The standard InChI is InChI=1S/C28H29FN4O2/c1-5-6-25-27(33-9-11-35-12-10-33)13-20(16-30-25)22-14-21(8-7-19(22)4)32-28(34)23-15-26(18(2)3)31-17-24(23)29/h7-8,13-18H,9-12H2,1-4H3,(H,32,34). The Bertz CT molecular complexity index is 1300. The third-order valence-corrected chi connectivity index (χ3v) is 5.98. The molecule has 0 unspecified atom stereocenters. The summed E-state index contributed by atoms with van der Waals surface area (Å²) in [5.74, 6) is 4.97. The number of hydrogen-bond donors (Lipinski definition) is 1. The average molecular weight is 473 g/mol. The fourth-order valence-corrected chi connectivity index (χ4v) is 4.01. The lowest BCUT2D eigenvalue weighted by atomic mass is 10.00. The van der Waals surface area contributed by atoms with Gasteiger partial charge in [0.1, 0.15) is 5.69 Å². The summed E-state index contributed by atoms with van der Waals surface area (Å²) in [7, 11) is 0. The smallest absolute Gasteiger partial charge is 0.258 e. The molecule has 35 heavy (non-hydrogen) atoms. The molecule has 4 rings (SSSR count). The number of benzene rings is 1. The lowest BCUT2D eigenvalue weighted by Gasteiger charge is -2.29. The van der Waals surface area contributed by atoms with E-state index in [4.69, 9.17) is 4.74 Å². The number of anilines is 2. The van der Waals surface area contributed by atoms with Gasteiger partial charge in [0.15, 0.2) is 5.82 Å². The van der Waals surface area contributed by atoms with E-state index in [2.05, 4.69) is 38.1 Å². The number of hydrogen-bond acceptors (Lipinski definition) is 5. The topological polar surface area (TPSA) is 67.4 Å². The number of pyridine rings is 2. The number of aromatic nitrogens is 2. The van der Waals surface area contributed by atoms with E-state index in [1.807, 2.05) is 39.0 Å². The van der Waals surface area contributed by atoms with Crippen LogP contribution in [-0.2, 0) is 4.74 Å². The van der Waals surface area contributed by atoms with E-state index in [1.54, 1.807) is 13.1 Å². The highest BCUT2D eigenvalue weighted by atomic mass is 19.1. The molecule has 3 aromatic rings. The van der Waals surface area contributed by atoms with Crippen LogP contribution in [0.1, 0.15) is 54.0 Å². The van der Waals surface area contributed by atoms with Crippen LogP contribution in [0, 0.1) is 24.6 Å². The minimum atomic E-state index is -0.647. The Hall–Kier alpha value is -3.76. The van der Waals surface area contributed by atoms with Gasteiger partial charge in [-0.15, -0.1) is 0 Å². The Morgan fingerprint density at radius 2 is 1.91 bits per heavy atom. The van der Waals surface area contributed by atoms with Gasteiger partial charge >= 0.3 is 0 Å². The number of carbonyl (C=O) groups is 1. The maximum atomic E-state index is 14.4. The second-order valence-electron chi connectivity index (χ2n) is 8.79. The molecule has 1 saturated heterocycles. The lowest BCUT2D eigenvalue weighted by molar-refractivity contribution is 0.102. The van der Waals surface area contributed by atoms with Crippen LogP contribution in [0.4, 0.5) is 15.8 Å². The fraction of sp³-hybridized carbons (Fsp3) is 0.321. The Labute approximate surface area is 205 Å². The molecule has 1 aliphatic heterocycles. The summed E-state index contributed by atoms with van der Waals surface area (Å²) < 4.78 is 19.9. The summed E-state index contributed by atoms with van der Waals surface area (Å²) in [5.41, 5.74) is 5.79. The van der Waals surface area contributed by atoms with Gasteiger partial charge in [0.2, 0.25) is 0 Å². The fourth-order valence-electron chi connectivity index (χ4n) is 4.01. The van der Waals surface area contributed by atoms with Crippen LogP contribution in [-0.4, -0.2) is 42.2 Å². The molecule has 1 amide bonds. The van der Waals surface area contributed by atoms with Crippen molar-refractivity contribution in [1.82, 2.24) is 9.97 Å². The summed E-state index contributed by atoms with van der Waals surface area (Å²) in [5, 5.41) is 2.84. The molecule has 0 radical (unpaired) electrons. The SMILES string of the molecule is CC#Cc1ncc(-c2cc(NC(=O)c3cc(C(C)C)ncc3F)ccc2C)cc1N1CCOCC1. The van der Waals surface area contributed by atoms with E-state index in [0.29, 0.717) is 24.6 Å². The van der Waals surface area contributed by atoms with Crippen LogP contribution in [0.5, 0.6) is 0 Å². The van der Waals surface area contributed by atoms with Crippen molar-refractivity contribution in [3.63, 3.8) is 0 Å². The van der Waals surface area contributed by atoms with Gasteiger partial charge < -0.3 is 15.0 Å². The van der Waals surface area contributed by atoms with Crippen molar-refractivity contribution in [3.8, 4) is 23.0 Å². The highest BCUT2D eigenvalue weighted by molar-refractivity contribution is 6.04. The number of rotatable bonds is 5. The number of carbonyl (C=O) groups excluding carboxylic acids is 1. The van der Waals surface area contributed by atoms with Crippen molar-refractivity contribution < 1.29 is 13.9 Å². The van der Waals surface area contributed by atoms with Crippen molar-refractivity contribution in [2.45, 2.75) is 33.6 Å². The van der Waals surface area contributed by atoms with Gasteiger partial charge in [-0.25, -0.2) is 9.37 Å². The first kappa shape index (κ1) is 24.4. The molecule has 0 aliphatic carbocycles. The first-order chi connectivity index (χ1) is 16.9. The number of nitrogens with one attached hydrogen (secondary N) is 1. The summed E-state index contributed by atoms with van der Waals surface area (Å²) >= 11 is 0. The summed E-state index contributed by atoms with van der Waals surface area (Å²) in [6, 6.07) is 9.23. The molecule has 1 aromatic carbocycles. The van der Waals surface area contributed by atoms with Crippen LogP contribution < -0.4 is 10.2 Å². The molecule has 7 heteroatoms. The van der Waals surface area contributed by atoms with Crippen LogP contribution in [0.2, 0.25) is 0 Å². The molecule has 1 fully saturated rings. The Morgan fingerprint density at radius 1 is 1.14 bits per heavy atom. The molecule has 2 aromatic heterocycles. The number of aryl methyl sites for hydroxylation is 1. The normalized spacial score (nSPS) is 13.4. The molecule has 180 valence electrons. The third kappa shape index (κ3) is 5.50. The predicted octanol–water partition coefficient (Wildman–Crippen LogP) is 5.17. The van der Waals surface area contributed by atoms with Crippen molar-refractivity contribution in [3.05, 3.63) is 71.1 Å². The number of halogens is 1. The second-order valence-corrected chi connectivity index (χ2v) is 8.79. The monoisotopic (exact) mass is 472 g/mol. The average Bonchev–Trinajstić information content (AvgIpc) is 2.86. The molecule has 0 saturated carbocycles. The summed E-state index contributed by atoms with van der Waals surface area (Å²) in [6.07, 6.45) is 2.90. The van der Waals surface area contributed by atoms with Gasteiger partial charge in [0, 0.05) is 36.2 Å². The van der Waals surface area contributed by atoms with Crippen LogP contribution in [0.15, 0.2) is 42.7 Å². The molecule has 1 N–H and O–H groups in total. The lowest BCUT2D eigenvalue weighted by Crippen LogP contribution is -2.36. The first-order valence-corrected chi connectivity index (χ1v) is 11.7. The van der Waals surface area contributed by atoms with E-state index in [9.17, 15) is 9.18 Å². The van der Waals surface area contributed by atoms with Gasteiger partial charge in [-0.1, -0.05) is 25.8 Å². The molecule has 0 spiro atoms. The van der Waals surface area contributed by atoms with Gasteiger partial charge in [-0.3, -0.25) is 9.78 Å². The molecule has 3 heterocycles. The predicted molar refractivity (Wildman–Crippen MR) is 136 cm³/mol. The largest absolute Gasteiger partial charge is 0.378 e. The number of nitrogens with zero attached hydrogens (tertiary/aromatic N) is 3. The van der Waals surface area contributed by atoms with E-state index in [1.165, 1.54) is 6.07 Å². The van der Waals surface area contributed by atoms with E-state index in [-0.39, 0.29) is 11.5 Å². The molecule has 1 aliphatic rings. The minimum absolute atomic E-state index is 0.0235. The zero-order valence-corrected chi connectivity index (χ0v) is 20.5. The van der Waals surface area contributed by atoms with E-state index >= 15 is 0 Å². The van der Waals surface area contributed by atoms with Gasteiger partial charge in [0.05, 0.1) is 30.7 Å². The zero-order chi connectivity index (χ0) is 24.9. The van der Waals surface area contributed by atoms with Crippen LogP contribution >= 0.6 is 0 Å². The highest BCUT2D eigenvalue weighted by Gasteiger charge is 2.18. The summed E-state index contributed by atoms with van der Waals surface area (Å²) in [4.78, 5) is 23.8. The maximum Gasteiger partial charge on any atom is 0.258 e. The number of ether oxygens (including phenoxy) is 1. The van der Waals surface area contributed by atoms with Crippen molar-refractivity contribution in [2.75, 3.05) is 36.5 Å². The minimum Gasteiger partial charge on any atom is -0.378 e. The molecule has 0 atom stereocenters. The van der Waals surface area contributed by atoms with Crippen LogP contribution in [0.25, 0.3) is 11.1 Å². The van der Waals surface area contributed by atoms with Gasteiger partial charge in [-0.05, 0) is 61.1 Å².